The van der Waals surface area contributed by atoms with Gasteiger partial charge in [-0.15, -0.1) is 0 Å². The SMILES string of the molecule is CSc1ncc(Cl)c(C(=O)N[C@H](Cc2ccccc2)C(=O)Nc2ccc(Cl)cc2)n1. The molecule has 1 aromatic heterocycles. The third-order valence-corrected chi connectivity index (χ3v) is 5.23. The number of carbonyl (C=O) groups excluding carboxylic acids is 2. The highest BCUT2D eigenvalue weighted by Gasteiger charge is 2.24. The molecule has 0 saturated carbocycles. The van der Waals surface area contributed by atoms with Gasteiger partial charge in [0.1, 0.15) is 6.04 Å². The van der Waals surface area contributed by atoms with E-state index in [2.05, 4.69) is 20.6 Å². The Labute approximate surface area is 188 Å². The molecule has 1 atom stereocenters. The first-order valence-corrected chi connectivity index (χ1v) is 10.9. The molecule has 2 aromatic carbocycles. The van der Waals surface area contributed by atoms with Gasteiger partial charge in [-0.1, -0.05) is 65.3 Å². The Morgan fingerprint density at radius 2 is 1.77 bits per heavy atom. The number of halogens is 2. The standard InChI is InChI=1S/C21H18Cl2N4O2S/c1-30-21-24-12-16(23)18(27-21)20(29)26-17(11-13-5-3-2-4-6-13)19(28)25-15-9-7-14(22)8-10-15/h2-10,12,17H,11H2,1H3,(H,25,28)(H,26,29)/t17-/m1/s1. The highest BCUT2D eigenvalue weighted by molar-refractivity contribution is 7.98. The molecule has 0 aliphatic carbocycles. The van der Waals surface area contributed by atoms with Gasteiger partial charge in [-0.25, -0.2) is 9.97 Å². The van der Waals surface area contributed by atoms with Crippen LogP contribution in [0.5, 0.6) is 0 Å². The second kappa shape index (κ2) is 10.4. The summed E-state index contributed by atoms with van der Waals surface area (Å²) < 4.78 is 0. The first-order valence-electron chi connectivity index (χ1n) is 8.94. The van der Waals surface area contributed by atoms with Crippen molar-refractivity contribution >= 4 is 52.5 Å². The van der Waals surface area contributed by atoms with E-state index in [-0.39, 0.29) is 16.6 Å². The summed E-state index contributed by atoms with van der Waals surface area (Å²) in [6, 6.07) is 15.3. The Bertz CT molecular complexity index is 1030. The van der Waals surface area contributed by atoms with Crippen molar-refractivity contribution < 1.29 is 9.59 Å². The summed E-state index contributed by atoms with van der Waals surface area (Å²) in [5.74, 6) is -0.922. The average Bonchev–Trinajstić information content (AvgIpc) is 2.76. The molecule has 0 bridgehead atoms. The van der Waals surface area contributed by atoms with E-state index in [1.165, 1.54) is 18.0 Å². The van der Waals surface area contributed by atoms with Crippen LogP contribution in [0.4, 0.5) is 5.69 Å². The summed E-state index contributed by atoms with van der Waals surface area (Å²) in [5, 5.41) is 6.63. The lowest BCUT2D eigenvalue weighted by Crippen LogP contribution is -2.45. The van der Waals surface area contributed by atoms with E-state index in [0.717, 1.165) is 5.56 Å². The third kappa shape index (κ3) is 5.95. The summed E-state index contributed by atoms with van der Waals surface area (Å²) in [6.07, 6.45) is 3.46. The topological polar surface area (TPSA) is 84.0 Å². The minimum atomic E-state index is -0.848. The number of rotatable bonds is 7. The molecule has 2 N–H and O–H groups in total. The molecule has 0 aliphatic heterocycles. The van der Waals surface area contributed by atoms with Gasteiger partial charge in [0.05, 0.1) is 11.2 Å². The van der Waals surface area contributed by atoms with Crippen molar-refractivity contribution in [2.45, 2.75) is 17.6 Å². The van der Waals surface area contributed by atoms with Crippen molar-refractivity contribution in [1.29, 1.82) is 0 Å². The van der Waals surface area contributed by atoms with Crippen molar-refractivity contribution in [2.24, 2.45) is 0 Å². The lowest BCUT2D eigenvalue weighted by Gasteiger charge is -2.19. The molecule has 6 nitrogen and oxygen atoms in total. The van der Waals surface area contributed by atoms with Gasteiger partial charge < -0.3 is 10.6 Å². The maximum Gasteiger partial charge on any atom is 0.272 e. The summed E-state index contributed by atoms with van der Waals surface area (Å²) >= 11 is 13.3. The monoisotopic (exact) mass is 460 g/mol. The lowest BCUT2D eigenvalue weighted by atomic mass is 10.0. The lowest BCUT2D eigenvalue weighted by molar-refractivity contribution is -0.118. The van der Waals surface area contributed by atoms with E-state index in [0.29, 0.717) is 22.3 Å². The fourth-order valence-corrected chi connectivity index (χ4v) is 3.30. The number of nitrogens with one attached hydrogen (secondary N) is 2. The van der Waals surface area contributed by atoms with E-state index in [4.69, 9.17) is 23.2 Å². The Morgan fingerprint density at radius 3 is 2.43 bits per heavy atom. The number of aromatic nitrogens is 2. The minimum absolute atomic E-state index is 0.0216. The fourth-order valence-electron chi connectivity index (χ4n) is 2.66. The van der Waals surface area contributed by atoms with Gasteiger partial charge in [0.25, 0.3) is 5.91 Å². The van der Waals surface area contributed by atoms with E-state index < -0.39 is 11.9 Å². The van der Waals surface area contributed by atoms with Gasteiger partial charge in [0.15, 0.2) is 10.9 Å². The minimum Gasteiger partial charge on any atom is -0.338 e. The van der Waals surface area contributed by atoms with Crippen LogP contribution in [-0.2, 0) is 11.2 Å². The highest BCUT2D eigenvalue weighted by atomic mass is 35.5. The van der Waals surface area contributed by atoms with Crippen LogP contribution in [0.3, 0.4) is 0 Å². The third-order valence-electron chi connectivity index (χ3n) is 4.14. The van der Waals surface area contributed by atoms with Crippen LogP contribution >= 0.6 is 35.0 Å². The number of anilines is 1. The first kappa shape index (κ1) is 22.1. The van der Waals surface area contributed by atoms with Crippen molar-refractivity contribution in [2.75, 3.05) is 11.6 Å². The van der Waals surface area contributed by atoms with Crippen LogP contribution in [-0.4, -0.2) is 34.1 Å². The molecule has 0 aliphatic rings. The van der Waals surface area contributed by atoms with Gasteiger partial charge >= 0.3 is 0 Å². The normalized spacial score (nSPS) is 11.6. The van der Waals surface area contributed by atoms with Gasteiger partial charge in [-0.2, -0.15) is 0 Å². The summed E-state index contributed by atoms with van der Waals surface area (Å²) in [7, 11) is 0. The molecule has 0 saturated heterocycles. The maximum absolute atomic E-state index is 12.9. The molecule has 2 amide bonds. The van der Waals surface area contributed by atoms with E-state index in [1.807, 2.05) is 30.3 Å². The molecule has 0 unspecified atom stereocenters. The Kier molecular flexibility index (Phi) is 7.68. The second-order valence-electron chi connectivity index (χ2n) is 6.27. The molecule has 30 heavy (non-hydrogen) atoms. The number of carbonyl (C=O) groups is 2. The van der Waals surface area contributed by atoms with E-state index in [9.17, 15) is 9.59 Å². The Balaban J connectivity index is 1.82. The Morgan fingerprint density at radius 1 is 1.07 bits per heavy atom. The van der Waals surface area contributed by atoms with Crippen molar-refractivity contribution in [1.82, 2.24) is 15.3 Å². The molecule has 154 valence electrons. The number of amides is 2. The molecule has 0 radical (unpaired) electrons. The van der Waals surface area contributed by atoms with Crippen LogP contribution in [0, 0.1) is 0 Å². The summed E-state index contributed by atoms with van der Waals surface area (Å²) in [6.45, 7) is 0. The second-order valence-corrected chi connectivity index (χ2v) is 7.88. The fraction of sp³-hybridized carbons (Fsp3) is 0.143. The van der Waals surface area contributed by atoms with Crippen molar-refractivity contribution in [3.63, 3.8) is 0 Å². The molecular weight excluding hydrogens is 443 g/mol. The van der Waals surface area contributed by atoms with Crippen LogP contribution < -0.4 is 10.6 Å². The number of hydrogen-bond acceptors (Lipinski definition) is 5. The summed E-state index contributed by atoms with van der Waals surface area (Å²) in [5.41, 5.74) is 1.49. The average molecular weight is 461 g/mol. The van der Waals surface area contributed by atoms with Crippen LogP contribution in [0.2, 0.25) is 10.0 Å². The molecule has 1 heterocycles. The molecule has 0 fully saturated rings. The smallest absolute Gasteiger partial charge is 0.272 e. The quantitative estimate of drug-likeness (QED) is 0.400. The van der Waals surface area contributed by atoms with Crippen molar-refractivity contribution in [3.05, 3.63) is 82.1 Å². The van der Waals surface area contributed by atoms with Gasteiger partial charge in [0.2, 0.25) is 5.91 Å². The predicted octanol–water partition coefficient (Wildman–Crippen LogP) is 4.49. The van der Waals surface area contributed by atoms with Crippen LogP contribution in [0.15, 0.2) is 66.0 Å². The molecule has 9 heteroatoms. The van der Waals surface area contributed by atoms with E-state index >= 15 is 0 Å². The number of thioether (sulfide) groups is 1. The van der Waals surface area contributed by atoms with Gasteiger partial charge in [-0.3, -0.25) is 9.59 Å². The van der Waals surface area contributed by atoms with Gasteiger partial charge in [-0.05, 0) is 36.1 Å². The molecular formula is C21H18Cl2N4O2S. The van der Waals surface area contributed by atoms with Crippen LogP contribution in [0.25, 0.3) is 0 Å². The first-order chi connectivity index (χ1) is 14.5. The number of hydrogen-bond donors (Lipinski definition) is 2. The van der Waals surface area contributed by atoms with E-state index in [1.54, 1.807) is 30.5 Å². The maximum atomic E-state index is 12.9. The zero-order chi connectivity index (χ0) is 21.5. The largest absolute Gasteiger partial charge is 0.338 e. The zero-order valence-corrected chi connectivity index (χ0v) is 18.3. The molecule has 3 rings (SSSR count). The highest BCUT2D eigenvalue weighted by Crippen LogP contribution is 2.18. The summed E-state index contributed by atoms with van der Waals surface area (Å²) in [4.78, 5) is 34.0. The molecule has 0 spiro atoms. The Hall–Kier alpha value is -2.61. The van der Waals surface area contributed by atoms with Gasteiger partial charge in [0, 0.05) is 17.1 Å². The molecule has 3 aromatic rings. The predicted molar refractivity (Wildman–Crippen MR) is 120 cm³/mol. The van der Waals surface area contributed by atoms with Crippen molar-refractivity contribution in [3.8, 4) is 0 Å². The number of benzene rings is 2. The van der Waals surface area contributed by atoms with Crippen LogP contribution in [0.1, 0.15) is 16.1 Å². The zero-order valence-electron chi connectivity index (χ0n) is 15.9. The number of nitrogens with zero attached hydrogens (tertiary/aromatic N) is 2.